The summed E-state index contributed by atoms with van der Waals surface area (Å²) in [6, 6.07) is 8.12. The van der Waals surface area contributed by atoms with E-state index in [0.717, 1.165) is 11.1 Å². The third-order valence-corrected chi connectivity index (χ3v) is 3.96. The molecule has 1 aromatic carbocycles. The van der Waals surface area contributed by atoms with Gasteiger partial charge >= 0.3 is 0 Å². The molecule has 2 fully saturated rings. The molecule has 0 bridgehead atoms. The van der Waals surface area contributed by atoms with E-state index in [1.165, 1.54) is 0 Å². The van der Waals surface area contributed by atoms with Crippen LogP contribution in [-0.2, 0) is 18.9 Å². The first-order valence-corrected chi connectivity index (χ1v) is 7.91. The van der Waals surface area contributed by atoms with Crippen LogP contribution in [0, 0.1) is 10.8 Å². The van der Waals surface area contributed by atoms with Crippen LogP contribution in [0.25, 0.3) is 0 Å². The summed E-state index contributed by atoms with van der Waals surface area (Å²) in [6.07, 6.45) is -0.596. The highest BCUT2D eigenvalue weighted by atomic mass is 16.7. The molecule has 2 aliphatic rings. The lowest BCUT2D eigenvalue weighted by molar-refractivity contribution is -0.229. The van der Waals surface area contributed by atoms with Gasteiger partial charge in [-0.3, -0.25) is 0 Å². The summed E-state index contributed by atoms with van der Waals surface area (Å²) >= 11 is 0. The number of rotatable bonds is 2. The highest BCUT2D eigenvalue weighted by Gasteiger charge is 2.31. The number of hydrogen-bond acceptors (Lipinski definition) is 4. The molecule has 22 heavy (non-hydrogen) atoms. The van der Waals surface area contributed by atoms with Crippen LogP contribution >= 0.6 is 0 Å². The lowest BCUT2D eigenvalue weighted by Crippen LogP contribution is -2.34. The number of benzene rings is 1. The molecule has 0 radical (unpaired) electrons. The van der Waals surface area contributed by atoms with Crippen LogP contribution in [0.1, 0.15) is 51.4 Å². The second-order valence-electron chi connectivity index (χ2n) is 7.91. The maximum absolute atomic E-state index is 5.85. The van der Waals surface area contributed by atoms with Crippen LogP contribution in [0.5, 0.6) is 0 Å². The summed E-state index contributed by atoms with van der Waals surface area (Å²) in [7, 11) is 0. The molecule has 0 saturated carbocycles. The summed E-state index contributed by atoms with van der Waals surface area (Å²) in [4.78, 5) is 0. The largest absolute Gasteiger partial charge is 0.348 e. The summed E-state index contributed by atoms with van der Waals surface area (Å²) < 4.78 is 23.4. The molecular weight excluding hydrogens is 280 g/mol. The minimum Gasteiger partial charge on any atom is -0.348 e. The fraction of sp³-hybridized carbons (Fsp3) is 0.667. The molecule has 0 amide bonds. The first-order chi connectivity index (χ1) is 10.3. The topological polar surface area (TPSA) is 36.9 Å². The molecular formula is C18H26O4. The van der Waals surface area contributed by atoms with E-state index in [1.807, 2.05) is 18.2 Å². The van der Waals surface area contributed by atoms with Crippen molar-refractivity contribution in [1.29, 1.82) is 0 Å². The van der Waals surface area contributed by atoms with Crippen LogP contribution in [-0.4, -0.2) is 26.4 Å². The van der Waals surface area contributed by atoms with Gasteiger partial charge in [-0.15, -0.1) is 0 Å². The molecule has 0 unspecified atom stereocenters. The van der Waals surface area contributed by atoms with Crippen molar-refractivity contribution in [3.8, 4) is 0 Å². The summed E-state index contributed by atoms with van der Waals surface area (Å²) in [5.74, 6) is 0. The Morgan fingerprint density at radius 3 is 1.45 bits per heavy atom. The highest BCUT2D eigenvalue weighted by Crippen LogP contribution is 2.34. The van der Waals surface area contributed by atoms with Gasteiger partial charge in [0, 0.05) is 22.0 Å². The smallest absolute Gasteiger partial charge is 0.183 e. The fourth-order valence-electron chi connectivity index (χ4n) is 2.62. The highest BCUT2D eigenvalue weighted by molar-refractivity contribution is 5.25. The molecule has 0 aliphatic carbocycles. The predicted octanol–water partition coefficient (Wildman–Crippen LogP) is 3.83. The van der Waals surface area contributed by atoms with Crippen LogP contribution in [0.4, 0.5) is 0 Å². The Morgan fingerprint density at radius 2 is 1.09 bits per heavy atom. The van der Waals surface area contributed by atoms with Crippen LogP contribution in [0.2, 0.25) is 0 Å². The van der Waals surface area contributed by atoms with Crippen molar-refractivity contribution in [1.82, 2.24) is 0 Å². The van der Waals surface area contributed by atoms with Crippen LogP contribution < -0.4 is 0 Å². The van der Waals surface area contributed by atoms with Crippen LogP contribution in [0.3, 0.4) is 0 Å². The third-order valence-electron chi connectivity index (χ3n) is 3.96. The minimum absolute atomic E-state index is 0.0787. The lowest BCUT2D eigenvalue weighted by atomic mass is 9.95. The van der Waals surface area contributed by atoms with Gasteiger partial charge in [0.15, 0.2) is 12.6 Å². The van der Waals surface area contributed by atoms with E-state index in [9.17, 15) is 0 Å². The second-order valence-corrected chi connectivity index (χ2v) is 7.91. The molecule has 0 spiro atoms. The van der Waals surface area contributed by atoms with Gasteiger partial charge in [0.2, 0.25) is 0 Å². The first kappa shape index (κ1) is 15.9. The van der Waals surface area contributed by atoms with Crippen LogP contribution in [0.15, 0.2) is 24.3 Å². The molecule has 1 aromatic rings. The van der Waals surface area contributed by atoms with Crippen molar-refractivity contribution in [2.24, 2.45) is 10.8 Å². The molecule has 4 nitrogen and oxygen atoms in total. The predicted molar refractivity (Wildman–Crippen MR) is 83.3 cm³/mol. The van der Waals surface area contributed by atoms with E-state index in [0.29, 0.717) is 26.4 Å². The molecule has 122 valence electrons. The van der Waals surface area contributed by atoms with Crippen molar-refractivity contribution < 1.29 is 18.9 Å². The minimum atomic E-state index is -0.298. The van der Waals surface area contributed by atoms with Crippen molar-refractivity contribution >= 4 is 0 Å². The van der Waals surface area contributed by atoms with Gasteiger partial charge in [-0.1, -0.05) is 45.9 Å². The molecule has 0 atom stereocenters. The Morgan fingerprint density at radius 1 is 0.727 bits per heavy atom. The first-order valence-electron chi connectivity index (χ1n) is 7.91. The molecule has 2 aliphatic heterocycles. The standard InChI is InChI=1S/C18H26O4/c1-17(2)9-19-15(20-10-17)13-6-5-7-14(8-13)16-21-11-18(3,4)12-22-16/h5-8,15-16H,9-12H2,1-4H3. The number of ether oxygens (including phenoxy) is 4. The fourth-order valence-corrected chi connectivity index (χ4v) is 2.62. The zero-order valence-corrected chi connectivity index (χ0v) is 13.9. The van der Waals surface area contributed by atoms with Crippen molar-refractivity contribution in [2.45, 2.75) is 40.3 Å². The van der Waals surface area contributed by atoms with Crippen molar-refractivity contribution in [3.05, 3.63) is 35.4 Å². The molecule has 2 heterocycles. The van der Waals surface area contributed by atoms with Gasteiger partial charge in [-0.25, -0.2) is 0 Å². The Bertz CT molecular complexity index is 460. The Balaban J connectivity index is 1.68. The van der Waals surface area contributed by atoms with Crippen molar-refractivity contribution in [2.75, 3.05) is 26.4 Å². The van der Waals surface area contributed by atoms with E-state index in [1.54, 1.807) is 0 Å². The van der Waals surface area contributed by atoms with Gasteiger partial charge in [0.25, 0.3) is 0 Å². The van der Waals surface area contributed by atoms with Gasteiger partial charge < -0.3 is 18.9 Å². The monoisotopic (exact) mass is 306 g/mol. The van der Waals surface area contributed by atoms with Gasteiger partial charge in [-0.05, 0) is 6.07 Å². The van der Waals surface area contributed by atoms with E-state index >= 15 is 0 Å². The Kier molecular flexibility index (Phi) is 4.29. The summed E-state index contributed by atoms with van der Waals surface area (Å²) in [6.45, 7) is 11.4. The average molecular weight is 306 g/mol. The second kappa shape index (κ2) is 5.93. The van der Waals surface area contributed by atoms with E-state index in [-0.39, 0.29) is 23.4 Å². The SMILES string of the molecule is CC1(C)COC(c2cccc(C3OCC(C)(C)CO3)c2)OC1. The molecule has 0 N–H and O–H groups in total. The summed E-state index contributed by atoms with van der Waals surface area (Å²) in [5, 5.41) is 0. The maximum Gasteiger partial charge on any atom is 0.183 e. The molecule has 4 heteroatoms. The zero-order valence-electron chi connectivity index (χ0n) is 13.9. The Hall–Kier alpha value is -0.940. The molecule has 0 aromatic heterocycles. The van der Waals surface area contributed by atoms with E-state index in [4.69, 9.17) is 18.9 Å². The third kappa shape index (κ3) is 3.69. The average Bonchev–Trinajstić information content (AvgIpc) is 2.47. The lowest BCUT2D eigenvalue weighted by Gasteiger charge is -2.36. The Labute approximate surface area is 132 Å². The van der Waals surface area contributed by atoms with Gasteiger partial charge in [0.1, 0.15) is 0 Å². The number of hydrogen-bond donors (Lipinski definition) is 0. The molecule has 2 saturated heterocycles. The normalized spacial score (nSPS) is 26.0. The van der Waals surface area contributed by atoms with Crippen molar-refractivity contribution in [3.63, 3.8) is 0 Å². The van der Waals surface area contributed by atoms with E-state index < -0.39 is 0 Å². The van der Waals surface area contributed by atoms with Gasteiger partial charge in [-0.2, -0.15) is 0 Å². The quantitative estimate of drug-likeness (QED) is 0.832. The molecule has 3 rings (SSSR count). The van der Waals surface area contributed by atoms with Gasteiger partial charge in [0.05, 0.1) is 26.4 Å². The zero-order chi connectivity index (χ0) is 15.8. The van der Waals surface area contributed by atoms with E-state index in [2.05, 4.69) is 33.8 Å². The summed E-state index contributed by atoms with van der Waals surface area (Å²) in [5.41, 5.74) is 2.19. The maximum atomic E-state index is 5.85.